The van der Waals surface area contributed by atoms with Crippen molar-refractivity contribution in [3.8, 4) is 12.3 Å². The molecule has 6 heteroatoms. The standard InChI is InChI=1S/C11H9N3O2S/c1-3-7(2)13-8-4-5-9-10(12-6-17-9)11(8)14(15)16/h1,4-7,13H,2H3. The Morgan fingerprint density at radius 1 is 1.65 bits per heavy atom. The van der Waals surface area contributed by atoms with E-state index in [9.17, 15) is 10.1 Å². The van der Waals surface area contributed by atoms with E-state index in [-0.39, 0.29) is 11.7 Å². The molecular weight excluding hydrogens is 238 g/mol. The van der Waals surface area contributed by atoms with Gasteiger partial charge in [0.25, 0.3) is 0 Å². The summed E-state index contributed by atoms with van der Waals surface area (Å²) in [7, 11) is 0. The van der Waals surface area contributed by atoms with Gasteiger partial charge in [0.2, 0.25) is 0 Å². The van der Waals surface area contributed by atoms with Crippen LogP contribution in [0.1, 0.15) is 6.92 Å². The van der Waals surface area contributed by atoms with E-state index in [4.69, 9.17) is 6.42 Å². The van der Waals surface area contributed by atoms with E-state index in [0.717, 1.165) is 4.70 Å². The number of thiazole rings is 1. The molecule has 0 spiro atoms. The summed E-state index contributed by atoms with van der Waals surface area (Å²) in [5, 5.41) is 14.0. The molecule has 0 aliphatic carbocycles. The first kappa shape index (κ1) is 11.4. The van der Waals surface area contributed by atoms with Crippen molar-refractivity contribution in [1.82, 2.24) is 4.98 Å². The monoisotopic (exact) mass is 247 g/mol. The van der Waals surface area contributed by atoms with Gasteiger partial charge in [-0.25, -0.2) is 4.98 Å². The molecule has 0 fully saturated rings. The fourth-order valence-corrected chi connectivity index (χ4v) is 2.17. The molecule has 0 aliphatic rings. The Morgan fingerprint density at radius 3 is 3.06 bits per heavy atom. The molecule has 2 aromatic rings. The molecule has 1 unspecified atom stereocenters. The van der Waals surface area contributed by atoms with Crippen molar-refractivity contribution in [2.24, 2.45) is 0 Å². The number of benzene rings is 1. The van der Waals surface area contributed by atoms with E-state index in [2.05, 4.69) is 16.2 Å². The number of fused-ring (bicyclic) bond motifs is 1. The summed E-state index contributed by atoms with van der Waals surface area (Å²) in [4.78, 5) is 14.7. The Morgan fingerprint density at radius 2 is 2.41 bits per heavy atom. The third kappa shape index (κ3) is 2.05. The van der Waals surface area contributed by atoms with Gasteiger partial charge in [0.05, 0.1) is 21.2 Å². The molecule has 1 aromatic heterocycles. The highest BCUT2D eigenvalue weighted by Crippen LogP contribution is 2.34. The lowest BCUT2D eigenvalue weighted by atomic mass is 10.2. The van der Waals surface area contributed by atoms with Crippen molar-refractivity contribution < 1.29 is 4.92 Å². The van der Waals surface area contributed by atoms with Crippen LogP contribution in [0.25, 0.3) is 10.2 Å². The van der Waals surface area contributed by atoms with Gasteiger partial charge >= 0.3 is 5.69 Å². The Labute approximate surface area is 102 Å². The summed E-state index contributed by atoms with van der Waals surface area (Å²) in [5.41, 5.74) is 2.37. The summed E-state index contributed by atoms with van der Waals surface area (Å²) >= 11 is 1.37. The molecule has 1 heterocycles. The Bertz CT molecular complexity index is 615. The molecule has 1 N–H and O–H groups in total. The van der Waals surface area contributed by atoms with Crippen LogP contribution in [0.15, 0.2) is 17.6 Å². The fourth-order valence-electron chi connectivity index (χ4n) is 1.49. The van der Waals surface area contributed by atoms with E-state index in [1.807, 2.05) is 0 Å². The summed E-state index contributed by atoms with van der Waals surface area (Å²) < 4.78 is 0.788. The predicted molar refractivity (Wildman–Crippen MR) is 68.2 cm³/mol. The van der Waals surface area contributed by atoms with Crippen LogP contribution >= 0.6 is 11.3 Å². The number of nitro benzene ring substituents is 1. The van der Waals surface area contributed by atoms with Gasteiger partial charge in [0, 0.05) is 0 Å². The quantitative estimate of drug-likeness (QED) is 0.514. The molecule has 0 radical (unpaired) electrons. The van der Waals surface area contributed by atoms with Gasteiger partial charge in [-0.3, -0.25) is 10.1 Å². The number of rotatable bonds is 3. The van der Waals surface area contributed by atoms with Crippen molar-refractivity contribution in [3.05, 3.63) is 27.8 Å². The van der Waals surface area contributed by atoms with Crippen LogP contribution in [0, 0.1) is 22.5 Å². The van der Waals surface area contributed by atoms with Gasteiger partial charge < -0.3 is 5.32 Å². The third-order valence-corrected chi connectivity index (χ3v) is 3.07. The van der Waals surface area contributed by atoms with Gasteiger partial charge in [0.15, 0.2) is 5.52 Å². The second kappa shape index (κ2) is 4.39. The number of nitro groups is 1. The first-order valence-electron chi connectivity index (χ1n) is 4.86. The van der Waals surface area contributed by atoms with Crippen LogP contribution in [-0.4, -0.2) is 15.9 Å². The first-order chi connectivity index (χ1) is 8.13. The SMILES string of the molecule is C#CC(C)Nc1ccc2scnc2c1[N+](=O)[O-]. The lowest BCUT2D eigenvalue weighted by Gasteiger charge is -2.09. The van der Waals surface area contributed by atoms with Crippen LogP contribution in [0.3, 0.4) is 0 Å². The van der Waals surface area contributed by atoms with Crippen molar-refractivity contribution in [1.29, 1.82) is 0 Å². The summed E-state index contributed by atoms with van der Waals surface area (Å²) in [5.74, 6) is 2.47. The van der Waals surface area contributed by atoms with Crippen LogP contribution in [0.5, 0.6) is 0 Å². The normalized spacial score (nSPS) is 12.0. The Balaban J connectivity index is 2.59. The van der Waals surface area contributed by atoms with E-state index in [0.29, 0.717) is 11.2 Å². The minimum atomic E-state index is -0.437. The smallest absolute Gasteiger partial charge is 0.319 e. The van der Waals surface area contributed by atoms with Crippen LogP contribution in [0.4, 0.5) is 11.4 Å². The minimum Gasteiger partial charge on any atom is -0.366 e. The Kier molecular flexibility index (Phi) is 2.93. The molecule has 1 atom stereocenters. The highest BCUT2D eigenvalue weighted by molar-refractivity contribution is 7.16. The number of terminal acetylenes is 1. The molecule has 5 nitrogen and oxygen atoms in total. The molecule has 86 valence electrons. The van der Waals surface area contributed by atoms with Crippen LogP contribution in [-0.2, 0) is 0 Å². The lowest BCUT2D eigenvalue weighted by Crippen LogP contribution is -2.13. The van der Waals surface area contributed by atoms with E-state index in [1.54, 1.807) is 24.6 Å². The molecule has 0 saturated heterocycles. The molecule has 0 amide bonds. The van der Waals surface area contributed by atoms with Gasteiger partial charge in [-0.15, -0.1) is 17.8 Å². The highest BCUT2D eigenvalue weighted by Gasteiger charge is 2.21. The predicted octanol–water partition coefficient (Wildman–Crippen LogP) is 2.64. The summed E-state index contributed by atoms with van der Waals surface area (Å²) in [6, 6.07) is 3.18. The lowest BCUT2D eigenvalue weighted by molar-refractivity contribution is -0.382. The molecule has 2 rings (SSSR count). The van der Waals surface area contributed by atoms with Crippen LogP contribution < -0.4 is 5.32 Å². The first-order valence-corrected chi connectivity index (χ1v) is 5.74. The second-order valence-corrected chi connectivity index (χ2v) is 4.34. The van der Waals surface area contributed by atoms with E-state index < -0.39 is 4.92 Å². The largest absolute Gasteiger partial charge is 0.366 e. The number of nitrogens with zero attached hydrogens (tertiary/aromatic N) is 2. The van der Waals surface area contributed by atoms with Crippen molar-refractivity contribution in [2.75, 3.05) is 5.32 Å². The van der Waals surface area contributed by atoms with Crippen LogP contribution in [0.2, 0.25) is 0 Å². The van der Waals surface area contributed by atoms with Gasteiger partial charge in [0.1, 0.15) is 5.69 Å². The van der Waals surface area contributed by atoms with Crippen molar-refractivity contribution in [2.45, 2.75) is 13.0 Å². The maximum absolute atomic E-state index is 11.1. The Hall–Kier alpha value is -2.13. The maximum Gasteiger partial charge on any atom is 0.319 e. The van der Waals surface area contributed by atoms with Crippen molar-refractivity contribution in [3.63, 3.8) is 0 Å². The number of hydrogen-bond acceptors (Lipinski definition) is 5. The van der Waals surface area contributed by atoms with Gasteiger partial charge in [-0.1, -0.05) is 5.92 Å². The van der Waals surface area contributed by atoms with Gasteiger partial charge in [-0.2, -0.15) is 0 Å². The van der Waals surface area contributed by atoms with Gasteiger partial charge in [-0.05, 0) is 19.1 Å². The minimum absolute atomic E-state index is 0.0224. The molecule has 17 heavy (non-hydrogen) atoms. The number of aromatic nitrogens is 1. The highest BCUT2D eigenvalue weighted by atomic mass is 32.1. The molecule has 0 bridgehead atoms. The zero-order chi connectivity index (χ0) is 12.4. The number of hydrogen-bond donors (Lipinski definition) is 1. The number of anilines is 1. The third-order valence-electron chi connectivity index (χ3n) is 2.28. The topological polar surface area (TPSA) is 68.1 Å². The van der Waals surface area contributed by atoms with E-state index in [1.165, 1.54) is 11.3 Å². The summed E-state index contributed by atoms with van der Waals surface area (Å²) in [6.45, 7) is 1.76. The van der Waals surface area contributed by atoms with E-state index >= 15 is 0 Å². The zero-order valence-corrected chi connectivity index (χ0v) is 9.82. The van der Waals surface area contributed by atoms with Crippen molar-refractivity contribution >= 4 is 32.9 Å². The molecule has 0 aliphatic heterocycles. The second-order valence-electron chi connectivity index (χ2n) is 3.45. The average molecular weight is 247 g/mol. The molecule has 0 saturated carbocycles. The molecule has 1 aromatic carbocycles. The maximum atomic E-state index is 11.1. The fraction of sp³-hybridized carbons (Fsp3) is 0.182. The molecular formula is C11H9N3O2S. The summed E-state index contributed by atoms with van der Waals surface area (Å²) in [6.07, 6.45) is 5.24. The average Bonchev–Trinajstić information content (AvgIpc) is 2.75. The zero-order valence-electron chi connectivity index (χ0n) is 9.01. The number of nitrogens with one attached hydrogen (secondary N) is 1.